The Morgan fingerprint density at radius 1 is 0.786 bits per heavy atom. The molecule has 0 aliphatic heterocycles. The van der Waals surface area contributed by atoms with E-state index >= 15 is 0 Å². The highest BCUT2D eigenvalue weighted by Gasteiger charge is 2.51. The second-order valence-electron chi connectivity index (χ2n) is 19.8. The van der Waals surface area contributed by atoms with E-state index in [1.807, 2.05) is 0 Å². The maximum Gasteiger partial charge on any atom is 0.323 e. The molecule has 56 heavy (non-hydrogen) atoms. The number of hydrogen-bond donors (Lipinski definition) is 0. The lowest BCUT2D eigenvalue weighted by Gasteiger charge is -2.45. The molecule has 2 rings (SSSR count). The SMILES string of the molecule is C=C(C[C@H](CCO[Si](C)(C)C(C)(C)C)OC(C[C@@H](C)C[C@@H](C[C@H](CCC)O[Si](c1ccccc1)(c1ccccc1)C(C)(C)C)OC)OC(=O)CCl)C[Si](C)(C)C. The first-order valence-corrected chi connectivity index (χ1v) is 30.1. The first-order valence-electron chi connectivity index (χ1n) is 21.0. The Morgan fingerprint density at radius 3 is 1.79 bits per heavy atom. The average Bonchev–Trinajstić information content (AvgIpc) is 3.08. The van der Waals surface area contributed by atoms with Crippen molar-refractivity contribution in [1.82, 2.24) is 0 Å². The van der Waals surface area contributed by atoms with Crippen molar-refractivity contribution in [2.45, 2.75) is 174 Å². The van der Waals surface area contributed by atoms with Crippen molar-refractivity contribution in [3.05, 3.63) is 72.8 Å². The predicted molar refractivity (Wildman–Crippen MR) is 246 cm³/mol. The molecule has 0 heterocycles. The molecule has 318 valence electrons. The van der Waals surface area contributed by atoms with Crippen LogP contribution in [0.5, 0.6) is 0 Å². The summed E-state index contributed by atoms with van der Waals surface area (Å²) >= 11 is 5.98. The molecule has 0 saturated carbocycles. The Labute approximate surface area is 351 Å². The molecule has 0 bridgehead atoms. The van der Waals surface area contributed by atoms with Gasteiger partial charge in [0, 0.05) is 34.3 Å². The summed E-state index contributed by atoms with van der Waals surface area (Å²) in [6.07, 6.45) is 4.37. The normalized spacial score (nSPS) is 15.8. The molecule has 2 aromatic rings. The number of methoxy groups -OCH3 is 1. The van der Waals surface area contributed by atoms with E-state index in [0.717, 1.165) is 31.7 Å². The van der Waals surface area contributed by atoms with Crippen molar-refractivity contribution in [2.75, 3.05) is 19.6 Å². The third-order valence-electron chi connectivity index (χ3n) is 11.2. The van der Waals surface area contributed by atoms with Gasteiger partial charge in [-0.1, -0.05) is 148 Å². The van der Waals surface area contributed by atoms with E-state index in [1.165, 1.54) is 15.9 Å². The first-order chi connectivity index (χ1) is 26.0. The first kappa shape index (κ1) is 50.6. The molecule has 0 aliphatic rings. The van der Waals surface area contributed by atoms with Crippen LogP contribution in [0.4, 0.5) is 0 Å². The van der Waals surface area contributed by atoms with Crippen LogP contribution in [0.15, 0.2) is 72.8 Å². The van der Waals surface area contributed by atoms with Gasteiger partial charge in [-0.15, -0.1) is 18.2 Å². The van der Waals surface area contributed by atoms with Crippen LogP contribution in [0, 0.1) is 5.92 Å². The van der Waals surface area contributed by atoms with Gasteiger partial charge < -0.3 is 23.1 Å². The molecule has 0 spiro atoms. The molecular weight excluding hydrogens is 768 g/mol. The summed E-state index contributed by atoms with van der Waals surface area (Å²) in [6.45, 7) is 34.8. The minimum Gasteiger partial charge on any atom is -0.435 e. The molecule has 0 saturated heterocycles. The molecular formula is C46H79ClO6Si3. The molecule has 5 atom stereocenters. The summed E-state index contributed by atoms with van der Waals surface area (Å²) in [4.78, 5) is 12.7. The van der Waals surface area contributed by atoms with Crippen molar-refractivity contribution in [3.63, 3.8) is 0 Å². The molecule has 0 radical (unpaired) electrons. The molecule has 10 heteroatoms. The lowest BCUT2D eigenvalue weighted by Crippen LogP contribution is -2.67. The third kappa shape index (κ3) is 16.2. The number of alkyl halides is 1. The highest BCUT2D eigenvalue weighted by molar-refractivity contribution is 6.99. The topological polar surface area (TPSA) is 63.2 Å². The zero-order valence-corrected chi connectivity index (χ0v) is 41.5. The van der Waals surface area contributed by atoms with E-state index in [4.69, 9.17) is 34.7 Å². The fourth-order valence-corrected chi connectivity index (χ4v) is 15.0. The van der Waals surface area contributed by atoms with Crippen molar-refractivity contribution in [2.24, 2.45) is 5.92 Å². The maximum absolute atomic E-state index is 12.7. The van der Waals surface area contributed by atoms with E-state index in [0.29, 0.717) is 25.9 Å². The fourth-order valence-electron chi connectivity index (χ4n) is 7.49. The monoisotopic (exact) mass is 846 g/mol. The Bertz CT molecular complexity index is 1400. The zero-order valence-electron chi connectivity index (χ0n) is 37.8. The van der Waals surface area contributed by atoms with Gasteiger partial charge in [-0.3, -0.25) is 4.79 Å². The Kier molecular flexibility index (Phi) is 20.5. The minimum atomic E-state index is -2.76. The van der Waals surface area contributed by atoms with Gasteiger partial charge in [-0.2, -0.15) is 0 Å². The predicted octanol–water partition coefficient (Wildman–Crippen LogP) is 11.7. The summed E-state index contributed by atoms with van der Waals surface area (Å²) in [5.74, 6) is -0.585. The van der Waals surface area contributed by atoms with Crippen LogP contribution in [0.3, 0.4) is 0 Å². The minimum absolute atomic E-state index is 0.00719. The van der Waals surface area contributed by atoms with Crippen LogP contribution < -0.4 is 10.4 Å². The van der Waals surface area contributed by atoms with Gasteiger partial charge in [0.05, 0.1) is 12.2 Å². The van der Waals surface area contributed by atoms with Crippen LogP contribution >= 0.6 is 11.6 Å². The van der Waals surface area contributed by atoms with E-state index in [1.54, 1.807) is 7.11 Å². The van der Waals surface area contributed by atoms with Crippen molar-refractivity contribution >= 4 is 52.7 Å². The van der Waals surface area contributed by atoms with Crippen LogP contribution in [0.25, 0.3) is 0 Å². The maximum atomic E-state index is 12.7. The summed E-state index contributed by atoms with van der Waals surface area (Å²) < 4.78 is 33.1. The van der Waals surface area contributed by atoms with Gasteiger partial charge >= 0.3 is 5.97 Å². The molecule has 0 aromatic heterocycles. The molecule has 0 amide bonds. The van der Waals surface area contributed by atoms with Crippen LogP contribution in [0.2, 0.25) is 48.9 Å². The van der Waals surface area contributed by atoms with Gasteiger partial charge in [0.1, 0.15) is 5.88 Å². The Balaban J connectivity index is 2.35. The second-order valence-corrected chi connectivity index (χ2v) is 34.6. The molecule has 0 aliphatic carbocycles. The highest BCUT2D eigenvalue weighted by atomic mass is 35.5. The summed E-state index contributed by atoms with van der Waals surface area (Å²) in [6, 6.07) is 22.7. The quantitative estimate of drug-likeness (QED) is 0.0326. The molecule has 0 fully saturated rings. The van der Waals surface area contributed by atoms with Crippen LogP contribution in [-0.4, -0.2) is 74.9 Å². The number of rotatable bonds is 25. The standard InChI is InChI=1S/C46H79ClO6Si3/c1-16-23-39(53-56(46(7,8)9,41-24-19-17-20-25-41)42-26-21-18-22-27-42)33-40(49-10)30-36(2)32-44(52-43(48)34-47)51-38(31-37(3)35-54(11,12)13)28-29-50-55(14,15)45(4,5)6/h17-22,24-27,36,38-40,44H,3,16,23,28-35H2,1-2,4-15H3/t36-,38-,39-,40-,44?/m0/s1. The Morgan fingerprint density at radius 2 is 1.34 bits per heavy atom. The average molecular weight is 848 g/mol. The molecule has 0 N–H and O–H groups in total. The zero-order chi connectivity index (χ0) is 42.4. The number of carbonyl (C=O) groups is 1. The number of carbonyl (C=O) groups excluding carboxylic acids is 1. The van der Waals surface area contributed by atoms with Gasteiger partial charge in [0.15, 0.2) is 8.32 Å². The van der Waals surface area contributed by atoms with E-state index < -0.39 is 37.0 Å². The summed E-state index contributed by atoms with van der Waals surface area (Å²) in [5, 5.41) is 2.54. The van der Waals surface area contributed by atoms with Crippen molar-refractivity contribution < 1.29 is 27.9 Å². The van der Waals surface area contributed by atoms with E-state index in [-0.39, 0.29) is 40.2 Å². The second kappa shape index (κ2) is 22.7. The van der Waals surface area contributed by atoms with E-state index in [2.05, 4.69) is 155 Å². The molecule has 2 aromatic carbocycles. The molecule has 1 unspecified atom stereocenters. The number of benzene rings is 2. The van der Waals surface area contributed by atoms with Crippen molar-refractivity contribution in [3.8, 4) is 0 Å². The van der Waals surface area contributed by atoms with Gasteiger partial charge in [0.2, 0.25) is 6.29 Å². The Hall–Kier alpha value is -1.57. The number of hydrogen-bond acceptors (Lipinski definition) is 6. The summed E-state index contributed by atoms with van der Waals surface area (Å²) in [5.41, 5.74) is 1.18. The fraction of sp³-hybridized carbons (Fsp3) is 0.674. The van der Waals surface area contributed by atoms with Crippen molar-refractivity contribution in [1.29, 1.82) is 0 Å². The lowest BCUT2D eigenvalue weighted by atomic mass is 9.95. The number of halogens is 1. The van der Waals surface area contributed by atoms with Gasteiger partial charge in [-0.25, -0.2) is 0 Å². The van der Waals surface area contributed by atoms with E-state index in [9.17, 15) is 4.79 Å². The largest absolute Gasteiger partial charge is 0.435 e. The summed E-state index contributed by atoms with van der Waals surface area (Å²) in [7, 11) is -4.29. The smallest absolute Gasteiger partial charge is 0.323 e. The van der Waals surface area contributed by atoms with Crippen LogP contribution in [0.1, 0.15) is 100 Å². The van der Waals surface area contributed by atoms with Gasteiger partial charge in [0.25, 0.3) is 8.32 Å². The number of esters is 1. The lowest BCUT2D eigenvalue weighted by molar-refractivity contribution is -0.193. The highest BCUT2D eigenvalue weighted by Crippen LogP contribution is 2.39. The van der Waals surface area contributed by atoms with Gasteiger partial charge in [-0.05, 0) is 77.6 Å². The third-order valence-corrected chi connectivity index (χ3v) is 22.6. The molecule has 6 nitrogen and oxygen atoms in total. The number of ether oxygens (including phenoxy) is 3. The van der Waals surface area contributed by atoms with Crippen LogP contribution in [-0.2, 0) is 27.9 Å².